The largest absolute Gasteiger partial charge is 0.573 e. The lowest BCUT2D eigenvalue weighted by atomic mass is 10.1. The molecule has 0 radical (unpaired) electrons. The zero-order chi connectivity index (χ0) is 16.3. The van der Waals surface area contributed by atoms with E-state index in [2.05, 4.69) is 9.47 Å². The van der Waals surface area contributed by atoms with E-state index < -0.39 is 18.1 Å². The number of halogens is 3. The van der Waals surface area contributed by atoms with E-state index in [1.807, 2.05) is 0 Å². The number of carbonyl (C=O) groups excluding carboxylic acids is 2. The Balaban J connectivity index is 2.48. The van der Waals surface area contributed by atoms with Crippen LogP contribution >= 0.6 is 11.3 Å². The summed E-state index contributed by atoms with van der Waals surface area (Å²) in [5.41, 5.74) is 0.0562. The summed E-state index contributed by atoms with van der Waals surface area (Å²) in [7, 11) is 1.06. The SMILES string of the molecule is COC(=O)c1ccc(-c2ccc(C=O)s2)cc1OC(F)(F)F. The third-order valence-corrected chi connectivity index (χ3v) is 3.70. The monoisotopic (exact) mass is 330 g/mol. The van der Waals surface area contributed by atoms with Crippen LogP contribution in [-0.4, -0.2) is 25.7 Å². The van der Waals surface area contributed by atoms with Crippen molar-refractivity contribution in [3.05, 3.63) is 40.8 Å². The molecule has 0 aliphatic carbocycles. The Labute approximate surface area is 127 Å². The smallest absolute Gasteiger partial charge is 0.465 e. The molecule has 8 heteroatoms. The van der Waals surface area contributed by atoms with Crippen molar-refractivity contribution in [3.8, 4) is 16.2 Å². The summed E-state index contributed by atoms with van der Waals surface area (Å²) in [6.45, 7) is 0. The summed E-state index contributed by atoms with van der Waals surface area (Å²) in [4.78, 5) is 23.2. The fourth-order valence-electron chi connectivity index (χ4n) is 1.73. The van der Waals surface area contributed by atoms with Crippen molar-refractivity contribution >= 4 is 23.6 Å². The van der Waals surface area contributed by atoms with Crippen LogP contribution in [0.4, 0.5) is 13.2 Å². The number of hydrogen-bond acceptors (Lipinski definition) is 5. The quantitative estimate of drug-likeness (QED) is 0.630. The minimum absolute atomic E-state index is 0.337. The molecule has 1 aromatic carbocycles. The highest BCUT2D eigenvalue weighted by Crippen LogP contribution is 2.34. The summed E-state index contributed by atoms with van der Waals surface area (Å²) >= 11 is 1.11. The molecule has 1 aromatic heterocycles. The first-order valence-electron chi connectivity index (χ1n) is 5.87. The zero-order valence-corrected chi connectivity index (χ0v) is 12.0. The average molecular weight is 330 g/mol. The molecule has 0 aliphatic heterocycles. The van der Waals surface area contributed by atoms with Crippen molar-refractivity contribution in [2.24, 2.45) is 0 Å². The Morgan fingerprint density at radius 3 is 2.50 bits per heavy atom. The van der Waals surface area contributed by atoms with Gasteiger partial charge in [0.15, 0.2) is 6.29 Å². The van der Waals surface area contributed by atoms with Crippen LogP contribution in [0.1, 0.15) is 20.0 Å². The maximum Gasteiger partial charge on any atom is 0.573 e. The van der Waals surface area contributed by atoms with Gasteiger partial charge >= 0.3 is 12.3 Å². The van der Waals surface area contributed by atoms with Gasteiger partial charge in [0.2, 0.25) is 0 Å². The summed E-state index contributed by atoms with van der Waals surface area (Å²) in [5, 5.41) is 0. The fourth-order valence-corrected chi connectivity index (χ4v) is 2.55. The molecule has 2 rings (SSSR count). The van der Waals surface area contributed by atoms with Crippen LogP contribution < -0.4 is 4.74 Å². The molecular formula is C14H9F3O4S. The molecule has 1 heterocycles. The van der Waals surface area contributed by atoms with Crippen LogP contribution in [-0.2, 0) is 4.74 Å². The number of aldehydes is 1. The number of benzene rings is 1. The number of esters is 1. The summed E-state index contributed by atoms with van der Waals surface area (Å²) in [5.74, 6) is -1.59. The van der Waals surface area contributed by atoms with Gasteiger partial charge in [-0.2, -0.15) is 0 Å². The second kappa shape index (κ2) is 6.18. The first-order valence-corrected chi connectivity index (χ1v) is 6.69. The molecular weight excluding hydrogens is 321 g/mol. The van der Waals surface area contributed by atoms with Crippen LogP contribution in [0.5, 0.6) is 5.75 Å². The highest BCUT2D eigenvalue weighted by molar-refractivity contribution is 7.17. The van der Waals surface area contributed by atoms with E-state index in [0.717, 1.165) is 24.5 Å². The second-order valence-corrected chi connectivity index (χ2v) is 5.19. The Kier molecular flexibility index (Phi) is 4.51. The number of carbonyl (C=O) groups is 2. The van der Waals surface area contributed by atoms with Gasteiger partial charge in [-0.15, -0.1) is 24.5 Å². The van der Waals surface area contributed by atoms with Crippen molar-refractivity contribution in [2.45, 2.75) is 6.36 Å². The lowest BCUT2D eigenvalue weighted by Crippen LogP contribution is -2.19. The zero-order valence-electron chi connectivity index (χ0n) is 11.1. The normalized spacial score (nSPS) is 11.1. The summed E-state index contributed by atoms with van der Waals surface area (Å²) in [6.07, 6.45) is -4.30. The third-order valence-electron chi connectivity index (χ3n) is 2.64. The summed E-state index contributed by atoms with van der Waals surface area (Å²) < 4.78 is 45.7. The average Bonchev–Trinajstić information content (AvgIpc) is 2.93. The minimum Gasteiger partial charge on any atom is -0.465 e. The maximum absolute atomic E-state index is 12.5. The van der Waals surface area contributed by atoms with E-state index in [1.165, 1.54) is 12.1 Å². The number of alkyl halides is 3. The van der Waals surface area contributed by atoms with Gasteiger partial charge in [0.1, 0.15) is 11.3 Å². The van der Waals surface area contributed by atoms with Gasteiger partial charge in [-0.3, -0.25) is 4.79 Å². The highest BCUT2D eigenvalue weighted by atomic mass is 32.1. The Bertz CT molecular complexity index is 706. The summed E-state index contributed by atoms with van der Waals surface area (Å²) in [6, 6.07) is 6.86. The molecule has 0 spiro atoms. The first-order chi connectivity index (χ1) is 10.3. The molecule has 0 saturated carbocycles. The molecule has 0 N–H and O–H groups in total. The molecule has 0 unspecified atom stereocenters. The second-order valence-electron chi connectivity index (χ2n) is 4.07. The predicted octanol–water partition coefficient (Wildman–Crippen LogP) is 3.91. The molecule has 0 amide bonds. The number of ether oxygens (including phenoxy) is 2. The number of methoxy groups -OCH3 is 1. The molecule has 0 bridgehead atoms. The van der Waals surface area contributed by atoms with Crippen LogP contribution in [0, 0.1) is 0 Å². The standard InChI is InChI=1S/C14H9F3O4S/c1-20-13(19)10-4-2-8(6-11(10)21-14(15,16)17)12-5-3-9(7-18)22-12/h2-7H,1H3. The van der Waals surface area contributed by atoms with Gasteiger partial charge in [-0.25, -0.2) is 4.79 Å². The van der Waals surface area contributed by atoms with Crippen LogP contribution in [0.25, 0.3) is 10.4 Å². The van der Waals surface area contributed by atoms with Crippen molar-refractivity contribution in [1.82, 2.24) is 0 Å². The lowest BCUT2D eigenvalue weighted by molar-refractivity contribution is -0.274. The van der Waals surface area contributed by atoms with E-state index in [9.17, 15) is 22.8 Å². The molecule has 0 aliphatic rings. The third kappa shape index (κ3) is 3.64. The van der Waals surface area contributed by atoms with Crippen molar-refractivity contribution in [1.29, 1.82) is 0 Å². The maximum atomic E-state index is 12.5. The Hall–Kier alpha value is -2.35. The highest BCUT2D eigenvalue weighted by Gasteiger charge is 2.33. The molecule has 2 aromatic rings. The van der Waals surface area contributed by atoms with E-state index >= 15 is 0 Å². The predicted molar refractivity (Wildman–Crippen MR) is 73.2 cm³/mol. The topological polar surface area (TPSA) is 52.6 Å². The Morgan fingerprint density at radius 2 is 1.95 bits per heavy atom. The van der Waals surface area contributed by atoms with E-state index in [1.54, 1.807) is 12.1 Å². The molecule has 0 saturated heterocycles. The molecule has 0 atom stereocenters. The number of thiophene rings is 1. The van der Waals surface area contributed by atoms with E-state index in [-0.39, 0.29) is 5.56 Å². The molecule has 116 valence electrons. The van der Waals surface area contributed by atoms with Gasteiger partial charge in [-0.05, 0) is 29.8 Å². The molecule has 4 nitrogen and oxygen atoms in total. The lowest BCUT2D eigenvalue weighted by Gasteiger charge is -2.13. The van der Waals surface area contributed by atoms with Gasteiger partial charge in [0, 0.05) is 4.88 Å². The van der Waals surface area contributed by atoms with E-state index in [4.69, 9.17) is 0 Å². The van der Waals surface area contributed by atoms with Crippen molar-refractivity contribution in [3.63, 3.8) is 0 Å². The van der Waals surface area contributed by atoms with Gasteiger partial charge in [0.25, 0.3) is 0 Å². The first kappa shape index (κ1) is 16.0. The fraction of sp³-hybridized carbons (Fsp3) is 0.143. The van der Waals surface area contributed by atoms with Gasteiger partial charge < -0.3 is 9.47 Å². The van der Waals surface area contributed by atoms with Gasteiger partial charge in [-0.1, -0.05) is 6.07 Å². The number of rotatable bonds is 4. The van der Waals surface area contributed by atoms with Crippen LogP contribution in [0.15, 0.2) is 30.3 Å². The molecule has 0 fully saturated rings. The van der Waals surface area contributed by atoms with Crippen molar-refractivity contribution in [2.75, 3.05) is 7.11 Å². The molecule has 22 heavy (non-hydrogen) atoms. The van der Waals surface area contributed by atoms with E-state index in [0.29, 0.717) is 21.6 Å². The number of hydrogen-bond donors (Lipinski definition) is 0. The minimum atomic E-state index is -4.94. The van der Waals surface area contributed by atoms with Crippen LogP contribution in [0.3, 0.4) is 0 Å². The van der Waals surface area contributed by atoms with Crippen molar-refractivity contribution < 1.29 is 32.2 Å². The van der Waals surface area contributed by atoms with Crippen LogP contribution in [0.2, 0.25) is 0 Å². The Morgan fingerprint density at radius 1 is 1.23 bits per heavy atom. The van der Waals surface area contributed by atoms with Gasteiger partial charge in [0.05, 0.1) is 12.0 Å².